The molecule has 212 valence electrons. The summed E-state index contributed by atoms with van der Waals surface area (Å²) in [6, 6.07) is 12.6. The number of nitrogens with one attached hydrogen (secondary N) is 2. The van der Waals surface area contributed by atoms with Crippen LogP contribution in [0.4, 0.5) is 0 Å². The second kappa shape index (κ2) is 17.9. The summed E-state index contributed by atoms with van der Waals surface area (Å²) in [6.07, 6.45) is -1.33. The molecule has 3 aliphatic heterocycles. The molecule has 0 bridgehead atoms. The number of para-hydroxylation sites is 4. The molecule has 2 unspecified atom stereocenters. The zero-order valence-electron chi connectivity index (χ0n) is 31.9. The summed E-state index contributed by atoms with van der Waals surface area (Å²) < 4.78 is 102. The van der Waals surface area contributed by atoms with Crippen molar-refractivity contribution in [3.8, 4) is 23.0 Å². The number of piperazine rings is 1. The summed E-state index contributed by atoms with van der Waals surface area (Å²) in [5.41, 5.74) is 0. The lowest BCUT2D eigenvalue weighted by Crippen LogP contribution is -2.47. The lowest BCUT2D eigenvalue weighted by atomic mass is 10.2. The third-order valence-electron chi connectivity index (χ3n) is 5.44. The number of methoxy groups -OCH3 is 2. The Morgan fingerprint density at radius 1 is 0.947 bits per heavy atom. The molecule has 0 saturated carbocycles. The van der Waals surface area contributed by atoms with Gasteiger partial charge >= 0.3 is 0 Å². The highest BCUT2D eigenvalue weighted by molar-refractivity contribution is 5.40. The van der Waals surface area contributed by atoms with E-state index in [1.165, 1.54) is 63.6 Å². The van der Waals surface area contributed by atoms with E-state index in [4.69, 9.17) is 32.7 Å². The number of β-amino-alcohol motifs (C(OH)–C–C–N with tert-alkyl or cyclic N) is 1. The number of benzene rings is 2. The van der Waals surface area contributed by atoms with Gasteiger partial charge in [-0.05, 0) is 50.2 Å². The predicted octanol–water partition coefficient (Wildman–Crippen LogP) is 2.57. The zero-order chi connectivity index (χ0) is 35.9. The molecule has 2 atom stereocenters. The molecule has 5 rings (SSSR count). The van der Waals surface area contributed by atoms with E-state index in [0.29, 0.717) is 18.8 Å². The maximum atomic E-state index is 10.4. The first-order valence-electron chi connectivity index (χ1n) is 17.6. The molecule has 0 aromatic heterocycles. The Balaban J connectivity index is 0.000000227. The molecule has 2 aromatic carbocycles. The lowest BCUT2D eigenvalue weighted by Gasteiger charge is -2.29. The maximum Gasteiger partial charge on any atom is 0.161 e. The van der Waals surface area contributed by atoms with Crippen LogP contribution in [0.25, 0.3) is 0 Å². The molecule has 3 N–H and O–H groups in total. The van der Waals surface area contributed by atoms with Gasteiger partial charge in [0.15, 0.2) is 23.0 Å². The van der Waals surface area contributed by atoms with Gasteiger partial charge in [-0.15, -0.1) is 0 Å². The molecule has 0 radical (unpaired) electrons. The Morgan fingerprint density at radius 3 is 1.95 bits per heavy atom. The molecule has 9 nitrogen and oxygen atoms in total. The van der Waals surface area contributed by atoms with Crippen LogP contribution in [0.2, 0.25) is 0 Å². The van der Waals surface area contributed by atoms with E-state index in [0.717, 1.165) is 0 Å². The highest BCUT2D eigenvalue weighted by Gasteiger charge is 2.23. The van der Waals surface area contributed by atoms with Gasteiger partial charge in [0.2, 0.25) is 0 Å². The van der Waals surface area contributed by atoms with Crippen molar-refractivity contribution >= 4 is 0 Å². The van der Waals surface area contributed by atoms with Gasteiger partial charge in [-0.1, -0.05) is 30.7 Å². The molecule has 3 saturated heterocycles. The van der Waals surface area contributed by atoms with Gasteiger partial charge in [0, 0.05) is 35.4 Å². The fourth-order valence-electron chi connectivity index (χ4n) is 3.43. The average Bonchev–Trinajstić information content (AvgIpc) is 3.61. The fraction of sp³-hybridized carbons (Fsp3) is 0.586. The minimum absolute atomic E-state index is 0.0215. The van der Waals surface area contributed by atoms with Crippen molar-refractivity contribution in [2.24, 2.45) is 0 Å². The molecule has 3 heterocycles. The van der Waals surface area contributed by atoms with Crippen LogP contribution in [0.1, 0.15) is 33.0 Å². The predicted molar refractivity (Wildman–Crippen MR) is 149 cm³/mol. The molecule has 3 fully saturated rings. The summed E-state index contributed by atoms with van der Waals surface area (Å²) in [7, 11) is 2.78. The van der Waals surface area contributed by atoms with E-state index in [1.54, 1.807) is 36.4 Å². The number of epoxide rings is 1. The SMILES string of the molecule is C1CCNCC1.[2H]C([2H])(Oc1ccccc1OC)C([2H])(O)C([2H])([2H])N1CCNCC1.[2H]C([2H])(Oc1ccccc1OC)C1([2H])OC1([2H])[2H]. The van der Waals surface area contributed by atoms with E-state index in [2.05, 4.69) is 15.4 Å². The quantitative estimate of drug-likeness (QED) is 0.392. The molecule has 3 aliphatic rings. The van der Waals surface area contributed by atoms with E-state index in [1.807, 2.05) is 0 Å². The van der Waals surface area contributed by atoms with Gasteiger partial charge in [-0.3, -0.25) is 4.90 Å². The largest absolute Gasteiger partial charge is 0.493 e. The molecular formula is C29H45N3O6. The van der Waals surface area contributed by atoms with Crippen LogP contribution in [0, 0.1) is 0 Å². The van der Waals surface area contributed by atoms with Gasteiger partial charge in [-0.2, -0.15) is 0 Å². The van der Waals surface area contributed by atoms with Gasteiger partial charge < -0.3 is 39.4 Å². The highest BCUT2D eigenvalue weighted by Crippen LogP contribution is 2.27. The minimum atomic E-state index is -3.17. The Hall–Kier alpha value is -2.56. The summed E-state index contributed by atoms with van der Waals surface area (Å²) in [5, 5.41) is 16.8. The van der Waals surface area contributed by atoms with Crippen LogP contribution < -0.4 is 29.6 Å². The molecular weight excluding hydrogens is 486 g/mol. The van der Waals surface area contributed by atoms with Crippen LogP contribution in [0.15, 0.2) is 48.5 Å². The number of hydrogen-bond acceptors (Lipinski definition) is 9. The van der Waals surface area contributed by atoms with E-state index in [9.17, 15) is 5.11 Å². The van der Waals surface area contributed by atoms with Crippen molar-refractivity contribution in [1.29, 1.82) is 0 Å². The van der Waals surface area contributed by atoms with Crippen molar-refractivity contribution in [1.82, 2.24) is 15.5 Å². The number of nitrogens with zero attached hydrogens (tertiary/aromatic N) is 1. The monoisotopic (exact) mass is 541 g/mol. The molecule has 2 aromatic rings. The Kier molecular flexibility index (Phi) is 8.78. The van der Waals surface area contributed by atoms with Crippen molar-refractivity contribution in [2.75, 3.05) is 79.7 Å². The minimum Gasteiger partial charge on any atom is -0.493 e. The Bertz CT molecular complexity index is 1300. The van der Waals surface area contributed by atoms with Crippen LogP contribution in [0.5, 0.6) is 23.0 Å². The topological polar surface area (TPSA) is 97.0 Å². The fourth-order valence-corrected chi connectivity index (χ4v) is 3.43. The molecule has 38 heavy (non-hydrogen) atoms. The molecule has 0 amide bonds. The molecule has 9 heteroatoms. The van der Waals surface area contributed by atoms with E-state index in [-0.39, 0.29) is 30.3 Å². The van der Waals surface area contributed by atoms with Crippen LogP contribution in [-0.4, -0.2) is 102 Å². The van der Waals surface area contributed by atoms with Gasteiger partial charge in [0.25, 0.3) is 0 Å². The van der Waals surface area contributed by atoms with Gasteiger partial charge in [0.05, 0.1) is 31.7 Å². The van der Waals surface area contributed by atoms with Crippen molar-refractivity contribution in [3.63, 3.8) is 0 Å². The summed E-state index contributed by atoms with van der Waals surface area (Å²) in [4.78, 5) is 1.24. The number of hydrogen-bond donors (Lipinski definition) is 3. The standard InChI is InChI=1S/C14H22N2O3.C10H12O3.C5H11N/c1-18-13-4-2-3-5-14(13)19-11-12(17)10-16-8-6-15-7-9-16;1-11-9-4-2-3-5-10(9)13-7-8-6-12-8;1-2-4-6-5-3-1/h2-5,12,15,17H,6-11H2,1H3;2-5,8H,6-7H2,1H3;6H,1-5H2/i10D2,11D2,12D;6D2,7D2,8D;. The Morgan fingerprint density at radius 2 is 1.47 bits per heavy atom. The van der Waals surface area contributed by atoms with Crippen LogP contribution in [-0.2, 0) is 4.74 Å². The second-order valence-electron chi connectivity index (χ2n) is 8.25. The maximum absolute atomic E-state index is 10.4. The van der Waals surface area contributed by atoms with Gasteiger partial charge in [-0.25, -0.2) is 0 Å². The third-order valence-corrected chi connectivity index (χ3v) is 5.44. The van der Waals surface area contributed by atoms with Crippen molar-refractivity contribution in [2.45, 2.75) is 31.4 Å². The first-order chi connectivity index (χ1) is 22.4. The van der Waals surface area contributed by atoms with Crippen molar-refractivity contribution < 1.29 is 42.5 Å². The van der Waals surface area contributed by atoms with Crippen LogP contribution >= 0.6 is 0 Å². The smallest absolute Gasteiger partial charge is 0.161 e. The number of piperidine rings is 1. The first kappa shape index (κ1) is 18.7. The zero-order valence-corrected chi connectivity index (χ0v) is 21.9. The normalized spacial score (nSPS) is 28.6. The highest BCUT2D eigenvalue weighted by atomic mass is 16.6. The number of ether oxygens (including phenoxy) is 5. The average molecular weight is 542 g/mol. The number of aliphatic hydroxyl groups is 1. The summed E-state index contributed by atoms with van der Waals surface area (Å²) in [6.45, 7) is -6.68. The van der Waals surface area contributed by atoms with E-state index < -0.39 is 38.3 Å². The molecule has 0 aliphatic carbocycles. The second-order valence-corrected chi connectivity index (χ2v) is 8.25. The number of rotatable bonds is 10. The summed E-state index contributed by atoms with van der Waals surface area (Å²) in [5.74, 6) is 0.584. The summed E-state index contributed by atoms with van der Waals surface area (Å²) >= 11 is 0. The van der Waals surface area contributed by atoms with Crippen molar-refractivity contribution in [3.05, 3.63) is 48.5 Å². The lowest BCUT2D eigenvalue weighted by molar-refractivity contribution is 0.0632. The third kappa shape index (κ3) is 11.9. The molecule has 0 spiro atoms. The van der Waals surface area contributed by atoms with E-state index >= 15 is 0 Å². The first-order valence-corrected chi connectivity index (χ1v) is 12.6. The Labute approximate surface area is 241 Å². The van der Waals surface area contributed by atoms with Crippen LogP contribution in [0.3, 0.4) is 0 Å². The van der Waals surface area contributed by atoms with Gasteiger partial charge in [0.1, 0.15) is 25.3 Å².